The Balaban J connectivity index is 2.68. The monoisotopic (exact) mass is 189 g/mol. The van der Waals surface area contributed by atoms with Gasteiger partial charge in [0.15, 0.2) is 11.6 Å². The fourth-order valence-electron chi connectivity index (χ4n) is 0.694. The molecule has 0 radical (unpaired) electrons. The molecule has 6 heteroatoms. The molecule has 13 heavy (non-hydrogen) atoms. The molecule has 4 nitrogen and oxygen atoms in total. The van der Waals surface area contributed by atoms with Crippen LogP contribution in [0.5, 0.6) is 5.75 Å². The van der Waals surface area contributed by atoms with Crippen LogP contribution < -0.4 is 4.74 Å². The van der Waals surface area contributed by atoms with Crippen LogP contribution in [0.4, 0.5) is 8.78 Å². The number of halogens is 2. The lowest BCUT2D eigenvalue weighted by Crippen LogP contribution is -2.08. The third kappa shape index (κ3) is 2.66. The van der Waals surface area contributed by atoms with Crippen LogP contribution in [0.15, 0.2) is 18.2 Å². The van der Waals surface area contributed by atoms with Gasteiger partial charge in [-0.05, 0) is 12.1 Å². The van der Waals surface area contributed by atoms with Gasteiger partial charge in [0, 0.05) is 6.07 Å². The van der Waals surface area contributed by atoms with Gasteiger partial charge in [-0.1, -0.05) is 0 Å². The standard InChI is InChI=1S/C7H5F2NO3/c8-6-2-1-5(3-7(6)9)13-4-10(11)12/h1-3H,4H2. The normalized spacial score (nSPS) is 9.69. The summed E-state index contributed by atoms with van der Waals surface area (Å²) in [4.78, 5) is 9.12. The molecular weight excluding hydrogens is 184 g/mol. The molecule has 0 spiro atoms. The van der Waals surface area contributed by atoms with Crippen molar-refractivity contribution in [3.05, 3.63) is 39.9 Å². The summed E-state index contributed by atoms with van der Waals surface area (Å²) in [7, 11) is 0. The van der Waals surface area contributed by atoms with Crippen LogP contribution in [0.1, 0.15) is 0 Å². The predicted octanol–water partition coefficient (Wildman–Crippen LogP) is 1.58. The van der Waals surface area contributed by atoms with Crippen molar-refractivity contribution in [2.24, 2.45) is 0 Å². The van der Waals surface area contributed by atoms with Gasteiger partial charge in [0.25, 0.3) is 0 Å². The topological polar surface area (TPSA) is 52.4 Å². The highest BCUT2D eigenvalue weighted by molar-refractivity contribution is 5.23. The molecule has 0 saturated carbocycles. The van der Waals surface area contributed by atoms with Gasteiger partial charge in [-0.3, -0.25) is 10.1 Å². The molecule has 0 aliphatic carbocycles. The van der Waals surface area contributed by atoms with E-state index >= 15 is 0 Å². The zero-order chi connectivity index (χ0) is 9.84. The molecule has 0 N–H and O–H groups in total. The summed E-state index contributed by atoms with van der Waals surface area (Å²) in [5.74, 6) is -2.19. The Bertz CT molecular complexity index is 330. The van der Waals surface area contributed by atoms with Crippen molar-refractivity contribution in [1.29, 1.82) is 0 Å². The van der Waals surface area contributed by atoms with Crippen molar-refractivity contribution in [3.63, 3.8) is 0 Å². The summed E-state index contributed by atoms with van der Waals surface area (Å²) in [5, 5.41) is 9.84. The van der Waals surface area contributed by atoms with Crippen molar-refractivity contribution in [2.45, 2.75) is 0 Å². The van der Waals surface area contributed by atoms with Crippen LogP contribution >= 0.6 is 0 Å². The summed E-state index contributed by atoms with van der Waals surface area (Å²) >= 11 is 0. The highest BCUT2D eigenvalue weighted by atomic mass is 19.2. The minimum Gasteiger partial charge on any atom is -0.432 e. The van der Waals surface area contributed by atoms with E-state index in [4.69, 9.17) is 0 Å². The second kappa shape index (κ2) is 3.79. The first-order valence-corrected chi connectivity index (χ1v) is 3.29. The summed E-state index contributed by atoms with van der Waals surface area (Å²) in [6, 6.07) is 2.70. The van der Waals surface area contributed by atoms with E-state index in [0.717, 1.165) is 18.2 Å². The Morgan fingerprint density at radius 2 is 2.08 bits per heavy atom. The second-order valence-corrected chi connectivity index (χ2v) is 2.18. The molecular formula is C7H5F2NO3. The number of ether oxygens (including phenoxy) is 1. The molecule has 0 atom stereocenters. The summed E-state index contributed by atoms with van der Waals surface area (Å²) in [6.07, 6.45) is 0. The van der Waals surface area contributed by atoms with E-state index in [1.165, 1.54) is 0 Å². The molecule has 0 heterocycles. The van der Waals surface area contributed by atoms with E-state index in [1.54, 1.807) is 0 Å². The van der Waals surface area contributed by atoms with E-state index in [1.807, 2.05) is 0 Å². The highest BCUT2D eigenvalue weighted by Gasteiger charge is 2.04. The van der Waals surface area contributed by atoms with Crippen LogP contribution in [-0.2, 0) is 0 Å². The number of hydrogen-bond donors (Lipinski definition) is 0. The number of nitrogens with zero attached hydrogens (tertiary/aromatic N) is 1. The first kappa shape index (κ1) is 9.37. The number of rotatable bonds is 3. The van der Waals surface area contributed by atoms with Crippen LogP contribution in [0, 0.1) is 21.7 Å². The average Bonchev–Trinajstić information content (AvgIpc) is 2.07. The zero-order valence-electron chi connectivity index (χ0n) is 6.37. The Kier molecular flexibility index (Phi) is 2.73. The van der Waals surface area contributed by atoms with E-state index in [2.05, 4.69) is 4.74 Å². The molecule has 0 bridgehead atoms. The molecule has 1 aromatic carbocycles. The van der Waals surface area contributed by atoms with Gasteiger partial charge in [0.1, 0.15) is 5.75 Å². The lowest BCUT2D eigenvalue weighted by molar-refractivity contribution is -0.514. The summed E-state index contributed by atoms with van der Waals surface area (Å²) < 4.78 is 29.3. The second-order valence-electron chi connectivity index (χ2n) is 2.18. The molecule has 0 aliphatic rings. The van der Waals surface area contributed by atoms with Crippen molar-refractivity contribution < 1.29 is 18.4 Å². The number of hydrogen-bond acceptors (Lipinski definition) is 3. The lowest BCUT2D eigenvalue weighted by Gasteiger charge is -2.00. The SMILES string of the molecule is O=[N+]([O-])COc1ccc(F)c(F)c1. The quantitative estimate of drug-likeness (QED) is 0.412. The smallest absolute Gasteiger partial charge is 0.344 e. The van der Waals surface area contributed by atoms with Gasteiger partial charge in [0.05, 0.1) is 4.92 Å². The molecule has 0 unspecified atom stereocenters. The Morgan fingerprint density at radius 3 is 2.62 bits per heavy atom. The van der Waals surface area contributed by atoms with Crippen LogP contribution in [0.2, 0.25) is 0 Å². The van der Waals surface area contributed by atoms with E-state index in [-0.39, 0.29) is 5.75 Å². The maximum absolute atomic E-state index is 12.5. The first-order chi connectivity index (χ1) is 6.09. The Morgan fingerprint density at radius 1 is 1.38 bits per heavy atom. The number of nitro groups is 1. The van der Waals surface area contributed by atoms with Crippen molar-refractivity contribution in [1.82, 2.24) is 0 Å². The predicted molar refractivity (Wildman–Crippen MR) is 38.8 cm³/mol. The maximum atomic E-state index is 12.5. The van der Waals surface area contributed by atoms with Crippen LogP contribution in [-0.4, -0.2) is 11.7 Å². The molecule has 0 saturated heterocycles. The third-order valence-electron chi connectivity index (χ3n) is 1.23. The Hall–Kier alpha value is -1.72. The average molecular weight is 189 g/mol. The van der Waals surface area contributed by atoms with E-state index < -0.39 is 23.3 Å². The molecule has 0 fully saturated rings. The first-order valence-electron chi connectivity index (χ1n) is 3.29. The third-order valence-corrected chi connectivity index (χ3v) is 1.23. The molecule has 1 rings (SSSR count). The van der Waals surface area contributed by atoms with Crippen molar-refractivity contribution in [2.75, 3.05) is 6.73 Å². The van der Waals surface area contributed by atoms with E-state index in [0.29, 0.717) is 0 Å². The minimum absolute atomic E-state index is 0.0735. The van der Waals surface area contributed by atoms with Crippen LogP contribution in [0.25, 0.3) is 0 Å². The molecule has 0 aromatic heterocycles. The van der Waals surface area contributed by atoms with Crippen molar-refractivity contribution in [3.8, 4) is 5.75 Å². The largest absolute Gasteiger partial charge is 0.432 e. The number of benzene rings is 1. The molecule has 1 aromatic rings. The van der Waals surface area contributed by atoms with Gasteiger partial charge in [-0.2, -0.15) is 0 Å². The van der Waals surface area contributed by atoms with Crippen molar-refractivity contribution >= 4 is 0 Å². The van der Waals surface area contributed by atoms with Gasteiger partial charge in [-0.15, -0.1) is 0 Å². The van der Waals surface area contributed by atoms with E-state index in [9.17, 15) is 18.9 Å². The minimum atomic E-state index is -1.10. The molecule has 0 amide bonds. The van der Waals surface area contributed by atoms with Gasteiger partial charge in [-0.25, -0.2) is 8.78 Å². The van der Waals surface area contributed by atoms with Gasteiger partial charge < -0.3 is 4.74 Å². The lowest BCUT2D eigenvalue weighted by atomic mass is 10.3. The van der Waals surface area contributed by atoms with Crippen LogP contribution in [0.3, 0.4) is 0 Å². The maximum Gasteiger partial charge on any atom is 0.344 e. The fourth-order valence-corrected chi connectivity index (χ4v) is 0.694. The van der Waals surface area contributed by atoms with Gasteiger partial charge in [0.2, 0.25) is 0 Å². The molecule has 70 valence electrons. The van der Waals surface area contributed by atoms with Gasteiger partial charge >= 0.3 is 6.73 Å². The highest BCUT2D eigenvalue weighted by Crippen LogP contribution is 2.14. The molecule has 0 aliphatic heterocycles. The summed E-state index contributed by atoms with van der Waals surface area (Å²) in [5.41, 5.74) is 0. The Labute approximate surface area is 71.9 Å². The fraction of sp³-hybridized carbons (Fsp3) is 0.143. The zero-order valence-corrected chi connectivity index (χ0v) is 6.37. The summed E-state index contributed by atoms with van der Waals surface area (Å²) in [6.45, 7) is -0.773.